The van der Waals surface area contributed by atoms with Crippen molar-refractivity contribution in [3.63, 3.8) is 0 Å². The molecule has 4 nitrogen and oxygen atoms in total. The number of hydrogen-bond acceptors (Lipinski definition) is 4. The van der Waals surface area contributed by atoms with E-state index in [1.165, 1.54) is 0 Å². The summed E-state index contributed by atoms with van der Waals surface area (Å²) in [5.74, 6) is 0.464. The number of carbonyl (C=O) groups excluding carboxylic acids is 1. The largest absolute Gasteiger partial charge is 0.443 e. The Hall–Kier alpha value is -1.59. The molecule has 1 fully saturated rings. The molecular weight excluding hydrogens is 204 g/mol. The first-order valence-corrected chi connectivity index (χ1v) is 5.17. The zero-order valence-corrected chi connectivity index (χ0v) is 10.0. The minimum Gasteiger partial charge on any atom is -0.443 e. The highest BCUT2D eigenvalue weighted by atomic mass is 16.2. The highest BCUT2D eigenvalue weighted by molar-refractivity contribution is 5.36. The van der Waals surface area contributed by atoms with E-state index >= 15 is 0 Å². The van der Waals surface area contributed by atoms with Crippen molar-refractivity contribution < 1.29 is 9.90 Å². The van der Waals surface area contributed by atoms with Crippen molar-refractivity contribution in [2.24, 2.45) is 16.3 Å². The van der Waals surface area contributed by atoms with E-state index in [2.05, 4.69) is 32.3 Å². The van der Waals surface area contributed by atoms with Crippen molar-refractivity contribution in [2.45, 2.75) is 39.7 Å². The molecule has 0 bridgehead atoms. The third kappa shape index (κ3) is 4.29. The van der Waals surface area contributed by atoms with Crippen molar-refractivity contribution in [1.82, 2.24) is 0 Å². The predicted octanol–water partition coefficient (Wildman–Crippen LogP) is 2.54. The van der Waals surface area contributed by atoms with Crippen LogP contribution in [0, 0.1) is 22.9 Å². The minimum absolute atomic E-state index is 0.00347. The van der Waals surface area contributed by atoms with Gasteiger partial charge in [0, 0.05) is 0 Å². The molecule has 0 amide bonds. The highest BCUT2D eigenvalue weighted by Gasteiger charge is 2.34. The summed E-state index contributed by atoms with van der Waals surface area (Å²) in [6.45, 7) is 10.6. The molecule has 0 aromatic heterocycles. The van der Waals surface area contributed by atoms with E-state index in [-0.39, 0.29) is 11.5 Å². The van der Waals surface area contributed by atoms with Gasteiger partial charge in [0.2, 0.25) is 6.08 Å². The molecule has 1 aliphatic rings. The van der Waals surface area contributed by atoms with Crippen LogP contribution in [-0.4, -0.2) is 17.2 Å². The Labute approximate surface area is 96.3 Å². The van der Waals surface area contributed by atoms with E-state index in [0.717, 1.165) is 24.7 Å². The van der Waals surface area contributed by atoms with Gasteiger partial charge in [0.1, 0.15) is 0 Å². The van der Waals surface area contributed by atoms with Gasteiger partial charge in [0.15, 0.2) is 0 Å². The molecule has 1 N–H and O–H groups in total. The number of aliphatic imine (C=N–C) groups is 1. The molecule has 0 spiro atoms. The highest BCUT2D eigenvalue weighted by Crippen LogP contribution is 2.41. The lowest BCUT2D eigenvalue weighted by molar-refractivity contribution is 0.219. The number of nitrogens with zero attached hydrogens (tertiary/aromatic N) is 2. The monoisotopic (exact) mass is 222 g/mol. The maximum absolute atomic E-state index is 10.2. The van der Waals surface area contributed by atoms with Crippen molar-refractivity contribution in [3.05, 3.63) is 12.2 Å². The molecule has 0 aromatic rings. The molecule has 16 heavy (non-hydrogen) atoms. The van der Waals surface area contributed by atoms with Crippen LogP contribution in [0.1, 0.15) is 33.6 Å². The Morgan fingerprint density at radius 2 is 2.06 bits per heavy atom. The summed E-state index contributed by atoms with van der Waals surface area (Å²) in [6.07, 6.45) is 4.45. The van der Waals surface area contributed by atoms with E-state index in [4.69, 9.17) is 10.4 Å². The lowest BCUT2D eigenvalue weighted by atomic mass is 9.69. The first-order chi connectivity index (χ1) is 7.37. The topological polar surface area (TPSA) is 73.5 Å². The van der Waals surface area contributed by atoms with E-state index in [1.807, 2.05) is 0 Å². The van der Waals surface area contributed by atoms with Crippen LogP contribution in [0.15, 0.2) is 17.1 Å². The van der Waals surface area contributed by atoms with Crippen molar-refractivity contribution in [3.8, 4) is 6.26 Å². The predicted molar refractivity (Wildman–Crippen MR) is 60.8 cm³/mol. The summed E-state index contributed by atoms with van der Waals surface area (Å²) >= 11 is 0. The number of isocyanates is 1. The standard InChI is InChI=1S/C11H17NO.CHNO/c1-8-5-11(3,4)6-10(9(8)2)12-7-13;2-1-3/h8,10H,2,5-6H2,1,3-4H3;3H. The van der Waals surface area contributed by atoms with Crippen molar-refractivity contribution in [2.75, 3.05) is 0 Å². The molecule has 0 radical (unpaired) electrons. The SMILES string of the molecule is C=C1C(C)CC(C)(C)CC1N=C=O.N#CO. The fourth-order valence-corrected chi connectivity index (χ4v) is 2.22. The Morgan fingerprint density at radius 1 is 1.56 bits per heavy atom. The molecule has 1 aliphatic carbocycles. The summed E-state index contributed by atoms with van der Waals surface area (Å²) < 4.78 is 0. The third-order valence-corrected chi connectivity index (χ3v) is 2.87. The molecule has 4 heteroatoms. The van der Waals surface area contributed by atoms with E-state index < -0.39 is 0 Å². The first kappa shape index (κ1) is 14.4. The van der Waals surface area contributed by atoms with Gasteiger partial charge in [-0.15, -0.1) is 0 Å². The Morgan fingerprint density at radius 3 is 2.50 bits per heavy atom. The van der Waals surface area contributed by atoms with Gasteiger partial charge in [-0.25, -0.2) is 4.79 Å². The molecule has 2 atom stereocenters. The molecule has 0 heterocycles. The second-order valence-corrected chi connectivity index (χ2v) is 4.88. The number of aliphatic hydroxyl groups is 1. The van der Waals surface area contributed by atoms with Crippen LogP contribution in [0.3, 0.4) is 0 Å². The van der Waals surface area contributed by atoms with Crippen LogP contribution < -0.4 is 0 Å². The van der Waals surface area contributed by atoms with Gasteiger partial charge in [-0.05, 0) is 29.7 Å². The molecular formula is C12H18N2O2. The lowest BCUT2D eigenvalue weighted by Gasteiger charge is -2.38. The van der Waals surface area contributed by atoms with E-state index in [0.29, 0.717) is 5.92 Å². The van der Waals surface area contributed by atoms with Crippen LogP contribution in [0.5, 0.6) is 0 Å². The molecule has 0 saturated heterocycles. The van der Waals surface area contributed by atoms with Crippen LogP contribution in [0.2, 0.25) is 0 Å². The molecule has 2 unspecified atom stereocenters. The zero-order chi connectivity index (χ0) is 12.8. The van der Waals surface area contributed by atoms with Gasteiger partial charge < -0.3 is 5.11 Å². The fraction of sp³-hybridized carbons (Fsp3) is 0.667. The molecule has 1 rings (SSSR count). The number of nitriles is 1. The van der Waals surface area contributed by atoms with Crippen molar-refractivity contribution >= 4 is 6.08 Å². The molecule has 0 aromatic carbocycles. The average molecular weight is 222 g/mol. The van der Waals surface area contributed by atoms with Crippen LogP contribution in [0.25, 0.3) is 0 Å². The Bertz CT molecular complexity index is 335. The van der Waals surface area contributed by atoms with Gasteiger partial charge in [-0.3, -0.25) is 0 Å². The quantitative estimate of drug-likeness (QED) is 0.320. The Kier molecular flexibility index (Phi) is 5.49. The third-order valence-electron chi connectivity index (χ3n) is 2.87. The summed E-state index contributed by atoms with van der Waals surface area (Å²) in [5.41, 5.74) is 1.36. The first-order valence-electron chi connectivity index (χ1n) is 5.17. The normalized spacial score (nSPS) is 26.8. The summed E-state index contributed by atoms with van der Waals surface area (Å²) in [4.78, 5) is 14.0. The van der Waals surface area contributed by atoms with Gasteiger partial charge in [-0.2, -0.15) is 10.3 Å². The fourth-order valence-electron chi connectivity index (χ4n) is 2.22. The van der Waals surface area contributed by atoms with Crippen LogP contribution in [0.4, 0.5) is 0 Å². The molecule has 1 saturated carbocycles. The second kappa shape index (κ2) is 6.09. The average Bonchev–Trinajstić information content (AvgIpc) is 2.14. The van der Waals surface area contributed by atoms with Crippen LogP contribution in [-0.2, 0) is 4.79 Å². The number of hydrogen-bond donors (Lipinski definition) is 1. The lowest BCUT2D eigenvalue weighted by Crippen LogP contribution is -2.31. The zero-order valence-electron chi connectivity index (χ0n) is 10.0. The molecule has 88 valence electrons. The van der Waals surface area contributed by atoms with Gasteiger partial charge >= 0.3 is 0 Å². The maximum Gasteiger partial charge on any atom is 0.283 e. The van der Waals surface area contributed by atoms with Crippen LogP contribution >= 0.6 is 0 Å². The summed E-state index contributed by atoms with van der Waals surface area (Å²) in [6, 6.07) is -0.00347. The second-order valence-electron chi connectivity index (χ2n) is 4.88. The summed E-state index contributed by atoms with van der Waals surface area (Å²) in [7, 11) is 0. The van der Waals surface area contributed by atoms with Gasteiger partial charge in [0.05, 0.1) is 6.04 Å². The van der Waals surface area contributed by atoms with Crippen molar-refractivity contribution in [1.29, 1.82) is 5.26 Å². The maximum atomic E-state index is 10.2. The minimum atomic E-state index is -0.00347. The van der Waals surface area contributed by atoms with E-state index in [9.17, 15) is 4.79 Å². The number of aliphatic hydroxyl groups excluding tert-OH is 1. The molecule has 0 aliphatic heterocycles. The van der Waals surface area contributed by atoms with E-state index in [1.54, 1.807) is 6.08 Å². The van der Waals surface area contributed by atoms with Gasteiger partial charge in [-0.1, -0.05) is 27.4 Å². The summed E-state index contributed by atoms with van der Waals surface area (Å²) in [5, 5.41) is 13.8. The van der Waals surface area contributed by atoms with Gasteiger partial charge in [0.25, 0.3) is 6.26 Å². The Balaban J connectivity index is 0.000000673. The number of rotatable bonds is 1. The smallest absolute Gasteiger partial charge is 0.283 e.